The molecule has 0 spiro atoms. The van der Waals surface area contributed by atoms with Crippen LogP contribution in [-0.2, 0) is 33.8 Å². The summed E-state index contributed by atoms with van der Waals surface area (Å²) in [5.41, 5.74) is 0.958. The quantitative estimate of drug-likeness (QED) is 0.274. The summed E-state index contributed by atoms with van der Waals surface area (Å²) in [7, 11) is 0. The molecule has 0 aromatic carbocycles. The summed E-state index contributed by atoms with van der Waals surface area (Å²) in [5, 5.41) is 39.1. The average Bonchev–Trinajstić information content (AvgIpc) is 2.65. The molecule has 0 aliphatic heterocycles. The molecule has 0 radical (unpaired) electrons. The van der Waals surface area contributed by atoms with Gasteiger partial charge in [0.15, 0.2) is 0 Å². The molecular formula is C23H36O7Zn. The van der Waals surface area contributed by atoms with Gasteiger partial charge >= 0.3 is 11.9 Å². The van der Waals surface area contributed by atoms with Gasteiger partial charge in [0.05, 0.1) is 30.7 Å². The number of fused-ring (bicyclic) bond motifs is 1. The van der Waals surface area contributed by atoms with Crippen LogP contribution >= 0.6 is 0 Å². The van der Waals surface area contributed by atoms with Crippen LogP contribution in [0.1, 0.15) is 59.3 Å². The molecule has 4 N–H and O–H groups in total. The number of hydrogen-bond acceptors (Lipinski definition) is 6. The Morgan fingerprint density at radius 2 is 1.94 bits per heavy atom. The van der Waals surface area contributed by atoms with E-state index in [0.717, 1.165) is 5.57 Å². The van der Waals surface area contributed by atoms with E-state index in [-0.39, 0.29) is 62.0 Å². The third-order valence-corrected chi connectivity index (χ3v) is 6.44. The zero-order chi connectivity index (χ0) is 22.4. The largest absolute Gasteiger partial charge is 0.481 e. The topological polar surface area (TPSA) is 124 Å². The van der Waals surface area contributed by atoms with Crippen LogP contribution in [0.2, 0.25) is 0 Å². The van der Waals surface area contributed by atoms with Crippen molar-refractivity contribution >= 4 is 11.9 Å². The second kappa shape index (κ2) is 12.8. The first kappa shape index (κ1) is 28.0. The molecule has 7 nitrogen and oxygen atoms in total. The molecule has 172 valence electrons. The van der Waals surface area contributed by atoms with Crippen molar-refractivity contribution < 1.29 is 54.2 Å². The fraction of sp³-hybridized carbons (Fsp3) is 0.739. The minimum absolute atomic E-state index is 0. The third-order valence-electron chi connectivity index (χ3n) is 6.44. The van der Waals surface area contributed by atoms with Gasteiger partial charge in [-0.25, -0.2) is 0 Å². The zero-order valence-corrected chi connectivity index (χ0v) is 21.8. The molecule has 2 aliphatic rings. The monoisotopic (exact) mass is 488 g/mol. The van der Waals surface area contributed by atoms with E-state index in [1.807, 2.05) is 26.0 Å². The molecule has 0 aromatic heterocycles. The summed E-state index contributed by atoms with van der Waals surface area (Å²) >= 11 is 0. The summed E-state index contributed by atoms with van der Waals surface area (Å²) in [5.74, 6) is -1.31. The maximum absolute atomic E-state index is 12.4. The van der Waals surface area contributed by atoms with Gasteiger partial charge in [-0.15, -0.1) is 0 Å². The van der Waals surface area contributed by atoms with E-state index in [4.69, 9.17) is 9.84 Å². The molecule has 0 fully saturated rings. The number of esters is 1. The molecule has 0 saturated heterocycles. The van der Waals surface area contributed by atoms with Gasteiger partial charge in [-0.1, -0.05) is 39.0 Å². The van der Waals surface area contributed by atoms with Crippen molar-refractivity contribution in [3.05, 3.63) is 23.8 Å². The zero-order valence-electron chi connectivity index (χ0n) is 18.8. The van der Waals surface area contributed by atoms with Crippen LogP contribution in [-0.4, -0.2) is 56.8 Å². The van der Waals surface area contributed by atoms with Crippen LogP contribution in [0.4, 0.5) is 0 Å². The molecule has 2 rings (SSSR count). The standard InChI is InChI=1S/C23H36O7.Zn/c1-4-13(2)23(29)30-20-11-17(25)9-15-6-5-14(3)19(22(15)20)8-7-16(24)10-18(26)12-21(27)28;/h5-6,9,13-14,16-20,22,24-26H,4,7-8,10-12H2,1-3H3,(H,27,28);/t13-,14-,16+,17+,18+,19-,20-,22-;/m0./s1. The first-order valence-corrected chi connectivity index (χ1v) is 11.0. The van der Waals surface area contributed by atoms with Crippen LogP contribution in [0.3, 0.4) is 0 Å². The predicted molar refractivity (Wildman–Crippen MR) is 111 cm³/mol. The number of carbonyl (C=O) groups is 2. The molecule has 0 saturated carbocycles. The summed E-state index contributed by atoms with van der Waals surface area (Å²) in [6.07, 6.45) is 4.64. The Morgan fingerprint density at radius 1 is 1.26 bits per heavy atom. The van der Waals surface area contributed by atoms with Gasteiger partial charge in [-0.2, -0.15) is 0 Å². The SMILES string of the molecule is CC[C@H](C)C(=O)O[C@H]1C[C@H](O)C=C2C=C[C@H](C)[C@H](CC[C@@H](O)C[C@@H](O)CC(=O)O)[C@H]21.[Zn]. The number of carboxylic acid groups (broad SMARTS) is 1. The van der Waals surface area contributed by atoms with Crippen molar-refractivity contribution in [2.75, 3.05) is 0 Å². The van der Waals surface area contributed by atoms with E-state index in [1.54, 1.807) is 0 Å². The van der Waals surface area contributed by atoms with Crippen LogP contribution in [0.5, 0.6) is 0 Å². The summed E-state index contributed by atoms with van der Waals surface area (Å²) < 4.78 is 5.84. The molecule has 0 bridgehead atoms. The van der Waals surface area contributed by atoms with Crippen molar-refractivity contribution in [3.63, 3.8) is 0 Å². The van der Waals surface area contributed by atoms with Crippen molar-refractivity contribution in [3.8, 4) is 0 Å². The van der Waals surface area contributed by atoms with Gasteiger partial charge in [0, 0.05) is 31.8 Å². The normalized spacial score (nSPS) is 30.3. The van der Waals surface area contributed by atoms with E-state index < -0.39 is 30.4 Å². The van der Waals surface area contributed by atoms with E-state index in [0.29, 0.717) is 25.7 Å². The van der Waals surface area contributed by atoms with Gasteiger partial charge in [-0.05, 0) is 43.1 Å². The number of carboxylic acids is 1. The molecule has 0 unspecified atom stereocenters. The van der Waals surface area contributed by atoms with Crippen molar-refractivity contribution in [2.24, 2.45) is 23.7 Å². The number of allylic oxidation sites excluding steroid dienone is 2. The number of aliphatic carboxylic acids is 1. The Bertz CT molecular complexity index is 662. The van der Waals surface area contributed by atoms with Crippen molar-refractivity contribution in [2.45, 2.75) is 83.7 Å². The maximum Gasteiger partial charge on any atom is 0.308 e. The minimum Gasteiger partial charge on any atom is -0.481 e. The Hall–Kier alpha value is -1.08. The van der Waals surface area contributed by atoms with Crippen LogP contribution < -0.4 is 0 Å². The van der Waals surface area contributed by atoms with Gasteiger partial charge in [0.2, 0.25) is 0 Å². The Kier molecular flexibility index (Phi) is 11.6. The number of ether oxygens (including phenoxy) is 1. The smallest absolute Gasteiger partial charge is 0.308 e. The first-order chi connectivity index (χ1) is 14.1. The van der Waals surface area contributed by atoms with Crippen LogP contribution in [0.25, 0.3) is 0 Å². The van der Waals surface area contributed by atoms with Gasteiger partial charge in [-0.3, -0.25) is 9.59 Å². The van der Waals surface area contributed by atoms with Crippen LogP contribution in [0, 0.1) is 23.7 Å². The first-order valence-electron chi connectivity index (χ1n) is 11.0. The summed E-state index contributed by atoms with van der Waals surface area (Å²) in [6.45, 7) is 5.85. The number of aliphatic hydroxyl groups is 3. The van der Waals surface area contributed by atoms with Gasteiger partial charge in [0.1, 0.15) is 6.10 Å². The minimum atomic E-state index is -1.10. The second-order valence-electron chi connectivity index (χ2n) is 8.88. The fourth-order valence-corrected chi connectivity index (χ4v) is 4.52. The van der Waals surface area contributed by atoms with E-state index in [1.165, 1.54) is 0 Å². The second-order valence-corrected chi connectivity index (χ2v) is 8.88. The number of carbonyl (C=O) groups excluding carboxylic acids is 1. The van der Waals surface area contributed by atoms with E-state index in [9.17, 15) is 24.9 Å². The van der Waals surface area contributed by atoms with E-state index >= 15 is 0 Å². The molecule has 0 heterocycles. The maximum atomic E-state index is 12.4. The fourth-order valence-electron chi connectivity index (χ4n) is 4.52. The Morgan fingerprint density at radius 3 is 2.55 bits per heavy atom. The molecule has 8 atom stereocenters. The predicted octanol–water partition coefficient (Wildman–Crippen LogP) is 2.44. The van der Waals surface area contributed by atoms with E-state index in [2.05, 4.69) is 13.0 Å². The Balaban J connectivity index is 0.00000480. The molecule has 0 amide bonds. The number of rotatable bonds is 10. The average molecular weight is 490 g/mol. The molecule has 0 aromatic rings. The Labute approximate surface area is 197 Å². The summed E-state index contributed by atoms with van der Waals surface area (Å²) in [6, 6.07) is 0. The molecule has 2 aliphatic carbocycles. The van der Waals surface area contributed by atoms with Gasteiger partial charge < -0.3 is 25.2 Å². The van der Waals surface area contributed by atoms with Crippen molar-refractivity contribution in [1.29, 1.82) is 0 Å². The molecule has 8 heteroatoms. The molecular weight excluding hydrogens is 454 g/mol. The number of aliphatic hydroxyl groups excluding tert-OH is 3. The third kappa shape index (κ3) is 8.08. The summed E-state index contributed by atoms with van der Waals surface area (Å²) in [4.78, 5) is 23.1. The van der Waals surface area contributed by atoms with Gasteiger partial charge in [0.25, 0.3) is 0 Å². The number of hydrogen-bond donors (Lipinski definition) is 4. The van der Waals surface area contributed by atoms with Crippen LogP contribution in [0.15, 0.2) is 23.8 Å². The molecule has 31 heavy (non-hydrogen) atoms. The van der Waals surface area contributed by atoms with Crippen molar-refractivity contribution in [1.82, 2.24) is 0 Å².